The molecule has 1 atom stereocenters. The summed E-state index contributed by atoms with van der Waals surface area (Å²) in [5.41, 5.74) is 2.79. The van der Waals surface area contributed by atoms with Crippen molar-refractivity contribution in [1.29, 1.82) is 0 Å². The number of fused-ring (bicyclic) bond motifs is 1. The first-order valence-electron chi connectivity index (χ1n) is 7.61. The summed E-state index contributed by atoms with van der Waals surface area (Å²) in [5.74, 6) is -0.455. The van der Waals surface area contributed by atoms with E-state index in [2.05, 4.69) is 0 Å². The Balaban J connectivity index is 2.10. The average Bonchev–Trinajstić information content (AvgIpc) is 2.55. The van der Waals surface area contributed by atoms with Crippen LogP contribution in [0.25, 0.3) is 11.8 Å². The van der Waals surface area contributed by atoms with Crippen LogP contribution in [-0.4, -0.2) is 11.6 Å². The van der Waals surface area contributed by atoms with Gasteiger partial charge in [0.2, 0.25) is 0 Å². The maximum atomic E-state index is 12.0. The summed E-state index contributed by atoms with van der Waals surface area (Å²) in [6.45, 7) is 2.89. The molecule has 23 heavy (non-hydrogen) atoms. The van der Waals surface area contributed by atoms with Gasteiger partial charge in [0.25, 0.3) is 0 Å². The van der Waals surface area contributed by atoms with Crippen LogP contribution in [0.5, 0.6) is 0 Å². The zero-order chi connectivity index (χ0) is 16.4. The SMILES string of the molecule is CC(=O)C(C(C)=O)[C@@H]1OC(c2ccccc2)=Cc2ccccc21. The number of Topliss-reactive ketones (excluding diaryl/α,β-unsaturated/α-hetero) is 2. The molecular weight excluding hydrogens is 288 g/mol. The fraction of sp³-hybridized carbons (Fsp3) is 0.200. The first kappa shape index (κ1) is 15.2. The third-order valence-corrected chi connectivity index (χ3v) is 4.08. The van der Waals surface area contributed by atoms with Crippen molar-refractivity contribution in [1.82, 2.24) is 0 Å². The highest BCUT2D eigenvalue weighted by atomic mass is 16.5. The second-order valence-electron chi connectivity index (χ2n) is 5.74. The summed E-state index contributed by atoms with van der Waals surface area (Å²) < 4.78 is 6.10. The van der Waals surface area contributed by atoms with Crippen LogP contribution in [0.15, 0.2) is 54.6 Å². The molecule has 0 fully saturated rings. The fourth-order valence-electron chi connectivity index (χ4n) is 2.99. The molecule has 0 spiro atoms. The first-order chi connectivity index (χ1) is 11.1. The number of carbonyl (C=O) groups excluding carboxylic acids is 2. The van der Waals surface area contributed by atoms with Crippen molar-refractivity contribution in [2.45, 2.75) is 20.0 Å². The van der Waals surface area contributed by atoms with E-state index in [0.29, 0.717) is 5.76 Å². The van der Waals surface area contributed by atoms with Crippen LogP contribution in [0.2, 0.25) is 0 Å². The molecule has 0 bridgehead atoms. The molecule has 3 rings (SSSR count). The fourth-order valence-corrected chi connectivity index (χ4v) is 2.99. The molecule has 116 valence electrons. The molecule has 0 saturated heterocycles. The molecule has 2 aromatic carbocycles. The first-order valence-corrected chi connectivity index (χ1v) is 7.61. The van der Waals surface area contributed by atoms with Crippen molar-refractivity contribution in [2.75, 3.05) is 0 Å². The molecule has 0 aromatic heterocycles. The van der Waals surface area contributed by atoms with Gasteiger partial charge in [-0.25, -0.2) is 0 Å². The van der Waals surface area contributed by atoms with Gasteiger partial charge in [-0.05, 0) is 25.5 Å². The summed E-state index contributed by atoms with van der Waals surface area (Å²) in [5, 5.41) is 0. The van der Waals surface area contributed by atoms with E-state index < -0.39 is 12.0 Å². The van der Waals surface area contributed by atoms with Crippen LogP contribution in [0, 0.1) is 5.92 Å². The van der Waals surface area contributed by atoms with Gasteiger partial charge in [-0.15, -0.1) is 0 Å². The summed E-state index contributed by atoms with van der Waals surface area (Å²) in [6.07, 6.45) is 1.37. The van der Waals surface area contributed by atoms with Crippen LogP contribution >= 0.6 is 0 Å². The Kier molecular flexibility index (Phi) is 4.11. The maximum absolute atomic E-state index is 12.0. The molecule has 0 radical (unpaired) electrons. The lowest BCUT2D eigenvalue weighted by atomic mass is 9.85. The minimum Gasteiger partial charge on any atom is -0.484 e. The zero-order valence-corrected chi connectivity index (χ0v) is 13.2. The normalized spacial score (nSPS) is 16.3. The van der Waals surface area contributed by atoms with Gasteiger partial charge < -0.3 is 4.74 Å². The Hall–Kier alpha value is -2.68. The Morgan fingerprint density at radius 3 is 2.17 bits per heavy atom. The zero-order valence-electron chi connectivity index (χ0n) is 13.2. The third-order valence-electron chi connectivity index (χ3n) is 4.08. The van der Waals surface area contributed by atoms with E-state index in [4.69, 9.17) is 4.74 Å². The Bertz CT molecular complexity index is 760. The van der Waals surface area contributed by atoms with Crippen molar-refractivity contribution >= 4 is 23.4 Å². The molecule has 0 amide bonds. The highest BCUT2D eigenvalue weighted by Gasteiger charge is 2.36. The van der Waals surface area contributed by atoms with E-state index in [0.717, 1.165) is 16.7 Å². The quantitative estimate of drug-likeness (QED) is 0.800. The van der Waals surface area contributed by atoms with E-state index in [1.165, 1.54) is 13.8 Å². The number of hydrogen-bond acceptors (Lipinski definition) is 3. The molecule has 2 aromatic rings. The van der Waals surface area contributed by atoms with Crippen molar-refractivity contribution < 1.29 is 14.3 Å². The molecule has 3 heteroatoms. The lowest BCUT2D eigenvalue weighted by Crippen LogP contribution is -2.30. The average molecular weight is 306 g/mol. The topological polar surface area (TPSA) is 43.4 Å². The summed E-state index contributed by atoms with van der Waals surface area (Å²) in [7, 11) is 0. The van der Waals surface area contributed by atoms with Crippen molar-refractivity contribution in [3.05, 3.63) is 71.3 Å². The van der Waals surface area contributed by atoms with E-state index >= 15 is 0 Å². The number of rotatable bonds is 4. The van der Waals surface area contributed by atoms with Gasteiger partial charge in [0.15, 0.2) is 0 Å². The van der Waals surface area contributed by atoms with Crippen LogP contribution in [0.1, 0.15) is 36.6 Å². The summed E-state index contributed by atoms with van der Waals surface area (Å²) in [6, 6.07) is 17.4. The molecule has 1 aliphatic heterocycles. The monoisotopic (exact) mass is 306 g/mol. The van der Waals surface area contributed by atoms with E-state index in [9.17, 15) is 9.59 Å². The standard InChI is InChI=1S/C20H18O3/c1-13(21)19(14(2)22)20-17-11-7-6-10-16(17)12-18(23-20)15-8-4-3-5-9-15/h3-12,19-20H,1-2H3/t20-/m1/s1. The molecular formula is C20H18O3. The van der Waals surface area contributed by atoms with Gasteiger partial charge in [-0.2, -0.15) is 0 Å². The van der Waals surface area contributed by atoms with Gasteiger partial charge in [0.1, 0.15) is 29.3 Å². The van der Waals surface area contributed by atoms with Gasteiger partial charge in [-0.1, -0.05) is 54.6 Å². The maximum Gasteiger partial charge on any atom is 0.144 e. The predicted molar refractivity (Wildman–Crippen MR) is 89.4 cm³/mol. The minimum absolute atomic E-state index is 0.174. The number of ketones is 2. The van der Waals surface area contributed by atoms with Gasteiger partial charge >= 0.3 is 0 Å². The van der Waals surface area contributed by atoms with Crippen molar-refractivity contribution in [3.63, 3.8) is 0 Å². The molecule has 1 aliphatic rings. The Morgan fingerprint density at radius 2 is 1.52 bits per heavy atom. The second kappa shape index (κ2) is 6.21. The highest BCUT2D eigenvalue weighted by molar-refractivity contribution is 6.01. The number of benzene rings is 2. The molecule has 3 nitrogen and oxygen atoms in total. The lowest BCUT2D eigenvalue weighted by Gasteiger charge is -2.31. The van der Waals surface area contributed by atoms with E-state index in [1.54, 1.807) is 0 Å². The van der Waals surface area contributed by atoms with Crippen LogP contribution in [-0.2, 0) is 14.3 Å². The van der Waals surface area contributed by atoms with Crippen molar-refractivity contribution in [3.8, 4) is 0 Å². The number of hydrogen-bond donors (Lipinski definition) is 0. The minimum atomic E-state index is -0.788. The Labute approximate surface area is 135 Å². The summed E-state index contributed by atoms with van der Waals surface area (Å²) in [4.78, 5) is 24.0. The number of carbonyl (C=O) groups is 2. The molecule has 1 heterocycles. The van der Waals surface area contributed by atoms with Gasteiger partial charge in [0, 0.05) is 11.1 Å². The predicted octanol–water partition coefficient (Wildman–Crippen LogP) is 4.05. The van der Waals surface area contributed by atoms with Crippen LogP contribution < -0.4 is 0 Å². The van der Waals surface area contributed by atoms with Gasteiger partial charge in [-0.3, -0.25) is 9.59 Å². The Morgan fingerprint density at radius 1 is 0.913 bits per heavy atom. The molecule has 0 N–H and O–H groups in total. The van der Waals surface area contributed by atoms with E-state index in [-0.39, 0.29) is 11.6 Å². The molecule has 0 aliphatic carbocycles. The van der Waals surface area contributed by atoms with Crippen molar-refractivity contribution in [2.24, 2.45) is 5.92 Å². The van der Waals surface area contributed by atoms with Gasteiger partial charge in [0.05, 0.1) is 0 Å². The van der Waals surface area contributed by atoms with Crippen LogP contribution in [0.4, 0.5) is 0 Å². The summed E-state index contributed by atoms with van der Waals surface area (Å²) >= 11 is 0. The second-order valence-corrected chi connectivity index (χ2v) is 5.74. The largest absolute Gasteiger partial charge is 0.484 e. The van der Waals surface area contributed by atoms with Crippen LogP contribution in [0.3, 0.4) is 0 Å². The lowest BCUT2D eigenvalue weighted by molar-refractivity contribution is -0.135. The molecule has 0 unspecified atom stereocenters. The van der Waals surface area contributed by atoms with E-state index in [1.807, 2.05) is 60.7 Å². The molecule has 0 saturated carbocycles. The highest BCUT2D eigenvalue weighted by Crippen LogP contribution is 2.40. The number of ether oxygens (including phenoxy) is 1. The smallest absolute Gasteiger partial charge is 0.144 e. The third kappa shape index (κ3) is 2.95.